The van der Waals surface area contributed by atoms with Gasteiger partial charge in [0, 0.05) is 31.1 Å². The smallest absolute Gasteiger partial charge is 0.330 e. The molecule has 0 aliphatic heterocycles. The van der Waals surface area contributed by atoms with Crippen molar-refractivity contribution in [1.29, 1.82) is 0 Å². The quantitative estimate of drug-likeness (QED) is 0.584. The summed E-state index contributed by atoms with van der Waals surface area (Å²) in [5.41, 5.74) is 5.83. The maximum atomic E-state index is 13.3. The molecular weight excluding hydrogens is 388 g/mol. The highest BCUT2D eigenvalue weighted by atomic mass is 16.5. The fraction of sp³-hybridized carbons (Fsp3) is 0.381. The molecule has 2 heterocycles. The number of nitrogen functional groups attached to an aromatic ring is 1. The number of ether oxygens (including phenoxy) is 1. The molecule has 0 radical (unpaired) electrons. The third-order valence-corrected chi connectivity index (χ3v) is 4.93. The average molecular weight is 414 g/mol. The largest absolute Gasteiger partial charge is 0.450 e. The van der Waals surface area contributed by atoms with E-state index in [1.54, 1.807) is 12.1 Å². The lowest BCUT2D eigenvalue weighted by molar-refractivity contribution is 0.0954. The molecule has 9 heteroatoms. The number of nitrogens with one attached hydrogen (secondary N) is 1. The number of benzene rings is 1. The second-order valence-corrected chi connectivity index (χ2v) is 6.91. The minimum atomic E-state index is -0.733. The number of anilines is 2. The van der Waals surface area contributed by atoms with Crippen LogP contribution in [0.1, 0.15) is 42.8 Å². The minimum Gasteiger partial charge on any atom is -0.450 e. The number of H-pyrrole nitrogens is 1. The molecule has 0 spiro atoms. The van der Waals surface area contributed by atoms with E-state index in [1.807, 2.05) is 26.0 Å². The van der Waals surface area contributed by atoms with Crippen LogP contribution in [0.15, 0.2) is 38.3 Å². The zero-order valence-electron chi connectivity index (χ0n) is 17.4. The summed E-state index contributed by atoms with van der Waals surface area (Å²) in [6, 6.07) is 7.25. The molecule has 0 unspecified atom stereocenters. The van der Waals surface area contributed by atoms with Gasteiger partial charge in [0.25, 0.3) is 11.5 Å². The molecule has 0 saturated heterocycles. The molecule has 1 aromatic carbocycles. The van der Waals surface area contributed by atoms with Crippen LogP contribution in [0.5, 0.6) is 0 Å². The molecule has 3 aromatic rings. The number of nitrogens with two attached hydrogens (primary N) is 1. The van der Waals surface area contributed by atoms with Gasteiger partial charge in [0.15, 0.2) is 11.4 Å². The van der Waals surface area contributed by atoms with Crippen molar-refractivity contribution >= 4 is 28.4 Å². The van der Waals surface area contributed by atoms with E-state index < -0.39 is 17.2 Å². The van der Waals surface area contributed by atoms with E-state index in [0.717, 1.165) is 16.7 Å². The highest BCUT2D eigenvalue weighted by molar-refractivity contribution is 6.08. The van der Waals surface area contributed by atoms with E-state index in [9.17, 15) is 14.4 Å². The Morgan fingerprint density at radius 1 is 1.27 bits per heavy atom. The summed E-state index contributed by atoms with van der Waals surface area (Å²) in [6.07, 6.45) is 1.55. The number of carbonyl (C=O) groups excluding carboxylic acids is 1. The lowest BCUT2D eigenvalue weighted by Gasteiger charge is -2.20. The topological polar surface area (TPSA) is 124 Å². The number of para-hydroxylation sites is 1. The summed E-state index contributed by atoms with van der Waals surface area (Å²) < 4.78 is 12.6. The van der Waals surface area contributed by atoms with Gasteiger partial charge in [0.1, 0.15) is 11.4 Å². The number of aromatic nitrogens is 2. The number of carbonyl (C=O) groups is 1. The van der Waals surface area contributed by atoms with Crippen LogP contribution in [0.2, 0.25) is 0 Å². The predicted molar refractivity (Wildman–Crippen MR) is 115 cm³/mol. The number of rotatable bonds is 8. The fourth-order valence-electron chi connectivity index (χ4n) is 3.31. The van der Waals surface area contributed by atoms with Gasteiger partial charge in [-0.15, -0.1) is 0 Å². The molecule has 0 aliphatic rings. The Kier molecular flexibility index (Phi) is 6.41. The third kappa shape index (κ3) is 3.88. The fourth-order valence-corrected chi connectivity index (χ4v) is 3.31. The molecule has 3 rings (SSSR count). The highest BCUT2D eigenvalue weighted by Crippen LogP contribution is 2.29. The number of aromatic amines is 1. The zero-order valence-corrected chi connectivity index (χ0v) is 17.4. The van der Waals surface area contributed by atoms with Gasteiger partial charge in [-0.25, -0.2) is 4.79 Å². The van der Waals surface area contributed by atoms with E-state index in [-0.39, 0.29) is 23.9 Å². The third-order valence-electron chi connectivity index (χ3n) is 4.93. The molecule has 0 bridgehead atoms. The second kappa shape index (κ2) is 9.00. The Balaban J connectivity index is 2.08. The molecule has 0 fully saturated rings. The van der Waals surface area contributed by atoms with Gasteiger partial charge in [-0.3, -0.25) is 19.1 Å². The summed E-state index contributed by atoms with van der Waals surface area (Å²) in [5, 5.41) is 0.762. The Morgan fingerprint density at radius 2 is 2.00 bits per heavy atom. The van der Waals surface area contributed by atoms with Crippen LogP contribution in [0, 0.1) is 0 Å². The van der Waals surface area contributed by atoms with E-state index in [2.05, 4.69) is 4.98 Å². The number of unbranched alkanes of at least 4 members (excludes halogenated alkanes) is 1. The number of furan rings is 1. The Bertz CT molecular complexity index is 1170. The molecule has 0 aliphatic carbocycles. The molecule has 0 atom stereocenters. The van der Waals surface area contributed by atoms with Crippen molar-refractivity contribution in [2.24, 2.45) is 0 Å². The van der Waals surface area contributed by atoms with E-state index in [4.69, 9.17) is 14.9 Å². The van der Waals surface area contributed by atoms with Gasteiger partial charge in [-0.1, -0.05) is 31.5 Å². The van der Waals surface area contributed by atoms with Gasteiger partial charge in [0.2, 0.25) is 0 Å². The van der Waals surface area contributed by atoms with Gasteiger partial charge in [-0.2, -0.15) is 0 Å². The van der Waals surface area contributed by atoms with Crippen LogP contribution < -0.4 is 21.9 Å². The van der Waals surface area contributed by atoms with Crippen molar-refractivity contribution in [2.45, 2.75) is 39.8 Å². The van der Waals surface area contributed by atoms with Crippen LogP contribution >= 0.6 is 0 Å². The van der Waals surface area contributed by atoms with Gasteiger partial charge >= 0.3 is 5.69 Å². The summed E-state index contributed by atoms with van der Waals surface area (Å²) in [4.78, 5) is 41.3. The molecule has 3 N–H and O–H groups in total. The van der Waals surface area contributed by atoms with Crippen LogP contribution in [0.3, 0.4) is 0 Å². The molecule has 160 valence electrons. The van der Waals surface area contributed by atoms with Gasteiger partial charge < -0.3 is 19.8 Å². The number of hydrogen-bond donors (Lipinski definition) is 2. The predicted octanol–water partition coefficient (Wildman–Crippen LogP) is 2.48. The van der Waals surface area contributed by atoms with Gasteiger partial charge in [0.05, 0.1) is 6.61 Å². The van der Waals surface area contributed by atoms with Crippen molar-refractivity contribution in [3.63, 3.8) is 0 Å². The lowest BCUT2D eigenvalue weighted by Crippen LogP contribution is -2.39. The Hall–Kier alpha value is -3.33. The first-order chi connectivity index (χ1) is 14.4. The first-order valence-electron chi connectivity index (χ1n) is 9.89. The summed E-state index contributed by atoms with van der Waals surface area (Å²) in [5.74, 6) is -0.549. The molecule has 1 amide bonds. The first kappa shape index (κ1) is 21.4. The minimum absolute atomic E-state index is 0.0597. The standard InChI is InChI=1S/C21H26N4O5/c1-4-6-11-25-18(22)16(19(26)23-21(25)28)24(3)20(27)17-14(12-29-5-2)13-9-7-8-10-15(13)30-17/h7-10H,4-6,11-12,22H2,1-3H3,(H,23,26,28). The SMILES string of the molecule is CCCCn1c(N)c(N(C)C(=O)c2oc3ccccc3c2COCC)c(=O)[nH]c1=O. The maximum absolute atomic E-state index is 13.3. The van der Waals surface area contributed by atoms with Gasteiger partial charge in [-0.05, 0) is 19.4 Å². The van der Waals surface area contributed by atoms with E-state index >= 15 is 0 Å². The lowest BCUT2D eigenvalue weighted by atomic mass is 10.1. The van der Waals surface area contributed by atoms with Crippen LogP contribution in [-0.2, 0) is 17.9 Å². The molecule has 30 heavy (non-hydrogen) atoms. The molecule has 0 saturated carbocycles. The summed E-state index contributed by atoms with van der Waals surface area (Å²) in [7, 11) is 1.43. The number of hydrogen-bond acceptors (Lipinski definition) is 6. The average Bonchev–Trinajstić information content (AvgIpc) is 3.09. The maximum Gasteiger partial charge on any atom is 0.330 e. The van der Waals surface area contributed by atoms with E-state index in [0.29, 0.717) is 30.7 Å². The van der Waals surface area contributed by atoms with Crippen molar-refractivity contribution in [2.75, 3.05) is 24.3 Å². The summed E-state index contributed by atoms with van der Waals surface area (Å²) >= 11 is 0. The van der Waals surface area contributed by atoms with Crippen LogP contribution in [0.25, 0.3) is 11.0 Å². The van der Waals surface area contributed by atoms with Crippen LogP contribution in [-0.4, -0.2) is 29.1 Å². The van der Waals surface area contributed by atoms with Crippen LogP contribution in [0.4, 0.5) is 11.5 Å². The zero-order chi connectivity index (χ0) is 21.8. The second-order valence-electron chi connectivity index (χ2n) is 6.91. The Labute approximate surface area is 173 Å². The van der Waals surface area contributed by atoms with Crippen molar-refractivity contribution < 1.29 is 13.9 Å². The number of fused-ring (bicyclic) bond motifs is 1. The molecule has 9 nitrogen and oxygen atoms in total. The molecular formula is C21H26N4O5. The number of nitrogens with zero attached hydrogens (tertiary/aromatic N) is 2. The van der Waals surface area contributed by atoms with Crippen molar-refractivity contribution in [3.8, 4) is 0 Å². The van der Waals surface area contributed by atoms with Crippen molar-refractivity contribution in [1.82, 2.24) is 9.55 Å². The monoisotopic (exact) mass is 414 g/mol. The Morgan fingerprint density at radius 3 is 2.70 bits per heavy atom. The van der Waals surface area contributed by atoms with E-state index in [1.165, 1.54) is 11.6 Å². The summed E-state index contributed by atoms with van der Waals surface area (Å²) in [6.45, 7) is 4.83. The normalized spacial score (nSPS) is 11.2. The number of amides is 1. The van der Waals surface area contributed by atoms with Crippen molar-refractivity contribution in [3.05, 3.63) is 56.4 Å². The first-order valence-corrected chi connectivity index (χ1v) is 9.89. The molecule has 2 aromatic heterocycles. The highest BCUT2D eigenvalue weighted by Gasteiger charge is 2.27.